The van der Waals surface area contributed by atoms with E-state index in [-0.39, 0.29) is 5.41 Å². The highest BCUT2D eigenvalue weighted by atomic mass is 15.2. The Bertz CT molecular complexity index is 436. The molecular weight excluding hydrogens is 256 g/mol. The van der Waals surface area contributed by atoms with Crippen LogP contribution in [0.2, 0.25) is 0 Å². The van der Waals surface area contributed by atoms with Crippen molar-refractivity contribution in [2.24, 2.45) is 11.3 Å². The lowest BCUT2D eigenvalue weighted by Gasteiger charge is -2.40. The quantitative estimate of drug-likeness (QED) is 0.639. The monoisotopic (exact) mass is 288 g/mol. The van der Waals surface area contributed by atoms with Crippen molar-refractivity contribution in [1.29, 1.82) is 0 Å². The topological polar surface area (TPSA) is 38.0 Å². The molecule has 0 heterocycles. The molecule has 0 aliphatic heterocycles. The molecule has 1 aliphatic carbocycles. The van der Waals surface area contributed by atoms with Crippen molar-refractivity contribution in [3.63, 3.8) is 0 Å². The smallest absolute Gasteiger partial charge is 0.0304 e. The first-order valence-electron chi connectivity index (χ1n) is 8.41. The van der Waals surface area contributed by atoms with Gasteiger partial charge in [-0.3, -0.25) is 11.3 Å². The molecule has 0 saturated heterocycles. The number of hydrogen-bond acceptors (Lipinski definition) is 2. The van der Waals surface area contributed by atoms with Crippen molar-refractivity contribution in [3.05, 3.63) is 35.4 Å². The lowest BCUT2D eigenvalue weighted by Crippen LogP contribution is -2.49. The first-order valence-corrected chi connectivity index (χ1v) is 8.41. The van der Waals surface area contributed by atoms with Gasteiger partial charge in [0.05, 0.1) is 0 Å². The number of nitrogens with two attached hydrogens (primary N) is 1. The maximum Gasteiger partial charge on any atom is 0.0304 e. The van der Waals surface area contributed by atoms with Gasteiger partial charge in [0.1, 0.15) is 0 Å². The summed E-state index contributed by atoms with van der Waals surface area (Å²) in [6.07, 6.45) is 7.68. The summed E-state index contributed by atoms with van der Waals surface area (Å²) in [6.45, 7) is 9.18. The fourth-order valence-corrected chi connectivity index (χ4v) is 3.59. The van der Waals surface area contributed by atoms with Crippen molar-refractivity contribution in [2.75, 3.05) is 0 Å². The second-order valence-electron chi connectivity index (χ2n) is 8.08. The molecule has 21 heavy (non-hydrogen) atoms. The summed E-state index contributed by atoms with van der Waals surface area (Å²) in [5, 5.41) is 0. The molecule has 1 unspecified atom stereocenters. The van der Waals surface area contributed by atoms with Gasteiger partial charge in [-0.15, -0.1) is 0 Å². The minimum absolute atomic E-state index is 0.222. The largest absolute Gasteiger partial charge is 0.271 e. The van der Waals surface area contributed by atoms with Crippen LogP contribution in [0.1, 0.15) is 70.9 Å². The van der Waals surface area contributed by atoms with E-state index in [1.807, 2.05) is 0 Å². The van der Waals surface area contributed by atoms with E-state index in [4.69, 9.17) is 5.84 Å². The van der Waals surface area contributed by atoms with E-state index in [9.17, 15) is 0 Å². The van der Waals surface area contributed by atoms with Crippen molar-refractivity contribution in [3.8, 4) is 0 Å². The van der Waals surface area contributed by atoms with Crippen LogP contribution in [-0.2, 0) is 11.8 Å². The maximum atomic E-state index is 5.89. The summed E-state index contributed by atoms with van der Waals surface area (Å²) in [5.41, 5.74) is 6.45. The molecule has 0 radical (unpaired) electrons. The second-order valence-corrected chi connectivity index (χ2v) is 8.08. The van der Waals surface area contributed by atoms with Crippen LogP contribution in [0, 0.1) is 5.41 Å². The zero-order valence-corrected chi connectivity index (χ0v) is 14.2. The first kappa shape index (κ1) is 16.5. The van der Waals surface area contributed by atoms with Crippen molar-refractivity contribution >= 4 is 0 Å². The molecule has 1 fully saturated rings. The van der Waals surface area contributed by atoms with E-state index in [2.05, 4.69) is 57.4 Å². The SMILES string of the molecule is CC(C)(C)c1ccc(CC(NN)C2(C)CCCCC2)cc1. The lowest BCUT2D eigenvalue weighted by molar-refractivity contribution is 0.144. The molecule has 0 spiro atoms. The molecule has 2 rings (SSSR count). The summed E-state index contributed by atoms with van der Waals surface area (Å²) in [4.78, 5) is 0. The number of benzene rings is 1. The Morgan fingerprint density at radius 2 is 1.67 bits per heavy atom. The third-order valence-corrected chi connectivity index (χ3v) is 5.30. The highest BCUT2D eigenvalue weighted by Crippen LogP contribution is 2.39. The average Bonchev–Trinajstić information content (AvgIpc) is 2.45. The molecule has 2 heteroatoms. The number of hydrogen-bond donors (Lipinski definition) is 2. The van der Waals surface area contributed by atoms with Gasteiger partial charge in [0, 0.05) is 6.04 Å². The van der Waals surface area contributed by atoms with Crippen LogP contribution in [0.15, 0.2) is 24.3 Å². The highest BCUT2D eigenvalue weighted by Gasteiger charge is 2.34. The minimum atomic E-state index is 0.222. The summed E-state index contributed by atoms with van der Waals surface area (Å²) in [5.74, 6) is 5.89. The Labute approximate surface area is 130 Å². The van der Waals surface area contributed by atoms with Gasteiger partial charge in [-0.1, -0.05) is 71.2 Å². The van der Waals surface area contributed by atoms with E-state index in [0.717, 1.165) is 6.42 Å². The number of rotatable bonds is 4. The van der Waals surface area contributed by atoms with E-state index in [1.54, 1.807) is 0 Å². The Kier molecular flexibility index (Phi) is 5.11. The van der Waals surface area contributed by atoms with E-state index < -0.39 is 0 Å². The zero-order valence-electron chi connectivity index (χ0n) is 14.2. The molecule has 0 bridgehead atoms. The predicted octanol–water partition coefficient (Wildman–Crippen LogP) is 4.33. The molecule has 118 valence electrons. The zero-order chi connectivity index (χ0) is 15.5. The molecule has 1 aliphatic rings. The standard InChI is InChI=1S/C19H32N2/c1-18(2,3)16-10-8-15(9-11-16)14-17(21-20)19(4)12-6-5-7-13-19/h8-11,17,21H,5-7,12-14,20H2,1-4H3. The molecule has 0 aromatic heterocycles. The van der Waals surface area contributed by atoms with Crippen molar-refractivity contribution < 1.29 is 0 Å². The van der Waals surface area contributed by atoms with Gasteiger partial charge in [0.2, 0.25) is 0 Å². The number of hydrazine groups is 1. The van der Waals surface area contributed by atoms with Crippen LogP contribution in [0.3, 0.4) is 0 Å². The van der Waals surface area contributed by atoms with E-state index >= 15 is 0 Å². The van der Waals surface area contributed by atoms with Crippen LogP contribution < -0.4 is 11.3 Å². The Morgan fingerprint density at radius 3 is 2.14 bits per heavy atom. The molecule has 1 atom stereocenters. The third kappa shape index (κ3) is 4.08. The molecular formula is C19H32N2. The van der Waals surface area contributed by atoms with Gasteiger partial charge in [-0.05, 0) is 41.2 Å². The van der Waals surface area contributed by atoms with Crippen molar-refractivity contribution in [2.45, 2.75) is 77.7 Å². The Morgan fingerprint density at radius 1 is 1.10 bits per heavy atom. The third-order valence-electron chi connectivity index (χ3n) is 5.30. The van der Waals surface area contributed by atoms with E-state index in [0.29, 0.717) is 11.5 Å². The summed E-state index contributed by atoms with van der Waals surface area (Å²) < 4.78 is 0. The van der Waals surface area contributed by atoms with E-state index in [1.165, 1.54) is 43.2 Å². The predicted molar refractivity (Wildman–Crippen MR) is 91.1 cm³/mol. The van der Waals surface area contributed by atoms with Crippen LogP contribution in [0.5, 0.6) is 0 Å². The van der Waals surface area contributed by atoms with Crippen LogP contribution in [0.25, 0.3) is 0 Å². The van der Waals surface area contributed by atoms with Crippen LogP contribution in [-0.4, -0.2) is 6.04 Å². The molecule has 3 N–H and O–H groups in total. The highest BCUT2D eigenvalue weighted by molar-refractivity contribution is 5.28. The first-order chi connectivity index (χ1) is 9.85. The summed E-state index contributed by atoms with van der Waals surface area (Å²) >= 11 is 0. The lowest BCUT2D eigenvalue weighted by atomic mass is 9.69. The van der Waals surface area contributed by atoms with Gasteiger partial charge in [-0.2, -0.15) is 0 Å². The van der Waals surface area contributed by atoms with Gasteiger partial charge in [0.15, 0.2) is 0 Å². The van der Waals surface area contributed by atoms with Gasteiger partial charge in [-0.25, -0.2) is 0 Å². The number of nitrogens with one attached hydrogen (secondary N) is 1. The Hall–Kier alpha value is -0.860. The van der Waals surface area contributed by atoms with Gasteiger partial charge < -0.3 is 0 Å². The molecule has 1 saturated carbocycles. The fourth-order valence-electron chi connectivity index (χ4n) is 3.59. The minimum Gasteiger partial charge on any atom is -0.271 e. The molecule has 2 nitrogen and oxygen atoms in total. The molecule has 1 aromatic carbocycles. The fraction of sp³-hybridized carbons (Fsp3) is 0.684. The maximum absolute atomic E-state index is 5.89. The van der Waals surface area contributed by atoms with Crippen molar-refractivity contribution in [1.82, 2.24) is 5.43 Å². The average molecular weight is 288 g/mol. The van der Waals surface area contributed by atoms with Gasteiger partial charge >= 0.3 is 0 Å². The van der Waals surface area contributed by atoms with Gasteiger partial charge in [0.25, 0.3) is 0 Å². The summed E-state index contributed by atoms with van der Waals surface area (Å²) in [7, 11) is 0. The molecule has 1 aromatic rings. The molecule has 0 amide bonds. The Balaban J connectivity index is 2.08. The van der Waals surface area contributed by atoms with Crippen LogP contribution in [0.4, 0.5) is 0 Å². The summed E-state index contributed by atoms with van der Waals surface area (Å²) in [6, 6.07) is 9.46. The second kappa shape index (κ2) is 6.50. The normalized spacial score (nSPS) is 20.2. The van der Waals surface area contributed by atoms with Crippen LogP contribution >= 0.6 is 0 Å².